The summed E-state index contributed by atoms with van der Waals surface area (Å²) >= 11 is 0. The van der Waals surface area contributed by atoms with Crippen LogP contribution in [-0.2, 0) is 21.4 Å². The lowest BCUT2D eigenvalue weighted by atomic mass is 9.77. The van der Waals surface area contributed by atoms with Gasteiger partial charge in [0.2, 0.25) is 15.9 Å². The molecule has 0 bridgehead atoms. The third-order valence-corrected chi connectivity index (χ3v) is 8.91. The number of hydrogen-bond donors (Lipinski definition) is 2. The van der Waals surface area contributed by atoms with E-state index in [1.165, 1.54) is 44.8 Å². The molecule has 2 aromatic rings. The van der Waals surface area contributed by atoms with Crippen molar-refractivity contribution in [2.24, 2.45) is 11.8 Å². The number of amides is 1. The first-order chi connectivity index (χ1) is 19.7. The van der Waals surface area contributed by atoms with Crippen molar-refractivity contribution in [1.82, 2.24) is 10.2 Å². The highest BCUT2D eigenvalue weighted by molar-refractivity contribution is 7.92. The Balaban J connectivity index is 1.31. The summed E-state index contributed by atoms with van der Waals surface area (Å²) in [5.41, 5.74) is 1.60. The molecular weight excluding hydrogens is 538 g/mol. The van der Waals surface area contributed by atoms with Crippen molar-refractivity contribution in [2.45, 2.75) is 83.7 Å². The number of ether oxygens (including phenoxy) is 2. The molecule has 0 spiro atoms. The summed E-state index contributed by atoms with van der Waals surface area (Å²) in [4.78, 5) is 15.8. The monoisotopic (exact) mass is 585 g/mol. The molecule has 2 aliphatic rings. The smallest absolute Gasteiger partial charge is 0.229 e. The third-order valence-electron chi connectivity index (χ3n) is 8.30. The highest BCUT2D eigenvalue weighted by Crippen LogP contribution is 2.35. The lowest BCUT2D eigenvalue weighted by Crippen LogP contribution is -2.49. The van der Waals surface area contributed by atoms with E-state index < -0.39 is 10.0 Å². The lowest BCUT2D eigenvalue weighted by Gasteiger charge is -2.35. The maximum atomic E-state index is 13.4. The molecule has 2 atom stereocenters. The van der Waals surface area contributed by atoms with Crippen molar-refractivity contribution < 1.29 is 22.7 Å². The van der Waals surface area contributed by atoms with Crippen LogP contribution >= 0.6 is 0 Å². The second kappa shape index (κ2) is 14.9. The molecule has 1 amide bonds. The van der Waals surface area contributed by atoms with Gasteiger partial charge in [0.15, 0.2) is 11.5 Å². The standard InChI is InChI=1S/C32H47N3O5S/c1-4-5-13-29(25-10-7-6-8-11-25)32(36)33-27-12-9-20-35(23-27)22-24-14-17-28(18-15-24)40-30-19-16-26(21-31(30)39-2)34-41(3,37)38/h14-19,21,25,27,29,34H,4-13,20,22-23H2,1-3H3,(H,33,36). The van der Waals surface area contributed by atoms with Gasteiger partial charge in [-0.15, -0.1) is 0 Å². The minimum Gasteiger partial charge on any atom is -0.493 e. The molecular formula is C32H47N3O5S. The van der Waals surface area contributed by atoms with Gasteiger partial charge in [-0.2, -0.15) is 0 Å². The van der Waals surface area contributed by atoms with Crippen LogP contribution < -0.4 is 19.5 Å². The molecule has 8 nitrogen and oxygen atoms in total. The number of anilines is 1. The molecule has 226 valence electrons. The van der Waals surface area contributed by atoms with Crippen LogP contribution in [0.1, 0.15) is 76.7 Å². The Bertz CT molecular complexity index is 1230. The zero-order valence-corrected chi connectivity index (χ0v) is 25.7. The number of carbonyl (C=O) groups excluding carboxylic acids is 1. The number of nitrogens with one attached hydrogen (secondary N) is 2. The fourth-order valence-corrected chi connectivity index (χ4v) is 6.80. The van der Waals surface area contributed by atoms with E-state index in [-0.39, 0.29) is 17.9 Å². The number of methoxy groups -OCH3 is 1. The lowest BCUT2D eigenvalue weighted by molar-refractivity contribution is -0.128. The highest BCUT2D eigenvalue weighted by atomic mass is 32.2. The van der Waals surface area contributed by atoms with Gasteiger partial charge in [0, 0.05) is 31.1 Å². The zero-order chi connectivity index (χ0) is 29.2. The third kappa shape index (κ3) is 9.64. The molecule has 1 saturated heterocycles. The Morgan fingerprint density at radius 3 is 2.46 bits per heavy atom. The first-order valence-corrected chi connectivity index (χ1v) is 17.1. The maximum absolute atomic E-state index is 13.4. The number of sulfonamides is 1. The average molecular weight is 586 g/mol. The molecule has 2 unspecified atom stereocenters. The van der Waals surface area contributed by atoms with Crippen molar-refractivity contribution in [3.63, 3.8) is 0 Å². The van der Waals surface area contributed by atoms with Gasteiger partial charge in [0.1, 0.15) is 5.75 Å². The number of unbranched alkanes of at least 4 members (excludes halogenated alkanes) is 1. The molecule has 9 heteroatoms. The SMILES string of the molecule is CCCCC(C(=O)NC1CCCN(Cc2ccc(Oc3ccc(NS(C)(=O)=O)cc3OC)cc2)C1)C1CCCCC1. The Morgan fingerprint density at radius 1 is 1.02 bits per heavy atom. The van der Waals surface area contributed by atoms with Gasteiger partial charge in [-0.25, -0.2) is 8.42 Å². The number of rotatable bonds is 13. The van der Waals surface area contributed by atoms with E-state index in [9.17, 15) is 13.2 Å². The molecule has 1 aliphatic carbocycles. The fourth-order valence-electron chi connectivity index (χ4n) is 6.24. The van der Waals surface area contributed by atoms with Crippen molar-refractivity contribution in [3.8, 4) is 17.2 Å². The normalized spacial score (nSPS) is 19.3. The summed E-state index contributed by atoms with van der Waals surface area (Å²) in [7, 11) is -1.87. The van der Waals surface area contributed by atoms with Crippen LogP contribution in [0.2, 0.25) is 0 Å². The molecule has 1 aliphatic heterocycles. The van der Waals surface area contributed by atoms with Gasteiger partial charge in [0.05, 0.1) is 19.1 Å². The molecule has 41 heavy (non-hydrogen) atoms. The molecule has 4 rings (SSSR count). The Labute approximate surface area is 246 Å². The summed E-state index contributed by atoms with van der Waals surface area (Å²) in [6.45, 7) is 4.93. The molecule has 1 saturated carbocycles. The zero-order valence-electron chi connectivity index (χ0n) is 24.9. The number of nitrogens with zero attached hydrogens (tertiary/aromatic N) is 1. The van der Waals surface area contributed by atoms with E-state index in [2.05, 4.69) is 34.0 Å². The summed E-state index contributed by atoms with van der Waals surface area (Å²) in [5.74, 6) is 2.61. The predicted molar refractivity (Wildman–Crippen MR) is 164 cm³/mol. The fraction of sp³-hybridized carbons (Fsp3) is 0.594. The van der Waals surface area contributed by atoms with Crippen LogP contribution in [0.3, 0.4) is 0 Å². The highest BCUT2D eigenvalue weighted by Gasteiger charge is 2.31. The van der Waals surface area contributed by atoms with Crippen molar-refractivity contribution in [3.05, 3.63) is 48.0 Å². The predicted octanol–water partition coefficient (Wildman–Crippen LogP) is 6.33. The first kappa shape index (κ1) is 31.2. The number of piperidine rings is 1. The second-order valence-electron chi connectivity index (χ2n) is 11.7. The van der Waals surface area contributed by atoms with E-state index in [1.54, 1.807) is 18.2 Å². The minimum absolute atomic E-state index is 0.170. The Hall–Kier alpha value is -2.78. The minimum atomic E-state index is -3.38. The quantitative estimate of drug-likeness (QED) is 0.285. The molecule has 2 aromatic carbocycles. The van der Waals surface area contributed by atoms with Crippen LogP contribution in [0.4, 0.5) is 5.69 Å². The van der Waals surface area contributed by atoms with Crippen molar-refractivity contribution in [1.29, 1.82) is 0 Å². The topological polar surface area (TPSA) is 97.0 Å². The van der Waals surface area contributed by atoms with Gasteiger partial charge in [-0.3, -0.25) is 14.4 Å². The number of carbonyl (C=O) groups is 1. The molecule has 0 radical (unpaired) electrons. The van der Waals surface area contributed by atoms with E-state index in [4.69, 9.17) is 9.47 Å². The summed E-state index contributed by atoms with van der Waals surface area (Å²) < 4.78 is 36.9. The molecule has 0 aromatic heterocycles. The van der Waals surface area contributed by atoms with Gasteiger partial charge in [-0.05, 0) is 74.4 Å². The Morgan fingerprint density at radius 2 is 1.78 bits per heavy atom. The summed E-state index contributed by atoms with van der Waals surface area (Å²) in [6, 6.07) is 13.1. The second-order valence-corrected chi connectivity index (χ2v) is 13.5. The maximum Gasteiger partial charge on any atom is 0.229 e. The number of hydrogen-bond acceptors (Lipinski definition) is 6. The van der Waals surface area contributed by atoms with Crippen LogP contribution in [0.25, 0.3) is 0 Å². The summed E-state index contributed by atoms with van der Waals surface area (Å²) in [5, 5.41) is 3.45. The van der Waals surface area contributed by atoms with Crippen LogP contribution in [-0.4, -0.2) is 51.7 Å². The molecule has 2 N–H and O–H groups in total. The van der Waals surface area contributed by atoms with E-state index in [0.717, 1.165) is 58.0 Å². The number of likely N-dealkylation sites (tertiary alicyclic amines) is 1. The van der Waals surface area contributed by atoms with Gasteiger partial charge >= 0.3 is 0 Å². The van der Waals surface area contributed by atoms with Crippen molar-refractivity contribution in [2.75, 3.05) is 31.2 Å². The largest absolute Gasteiger partial charge is 0.493 e. The first-order valence-electron chi connectivity index (χ1n) is 15.2. The van der Waals surface area contributed by atoms with Crippen molar-refractivity contribution >= 4 is 21.6 Å². The molecule has 1 heterocycles. The molecule has 2 fully saturated rings. The van der Waals surface area contributed by atoms with Gasteiger partial charge in [0.25, 0.3) is 0 Å². The van der Waals surface area contributed by atoms with Gasteiger partial charge < -0.3 is 14.8 Å². The van der Waals surface area contributed by atoms with Crippen LogP contribution in [0, 0.1) is 11.8 Å². The van der Waals surface area contributed by atoms with E-state index in [0.29, 0.717) is 28.9 Å². The average Bonchev–Trinajstić information content (AvgIpc) is 2.95. The number of benzene rings is 2. The van der Waals surface area contributed by atoms with E-state index in [1.807, 2.05) is 12.1 Å². The van der Waals surface area contributed by atoms with Crippen LogP contribution in [0.15, 0.2) is 42.5 Å². The Kier molecular flexibility index (Phi) is 11.3. The summed E-state index contributed by atoms with van der Waals surface area (Å²) in [6.07, 6.45) is 12.8. The van der Waals surface area contributed by atoms with E-state index >= 15 is 0 Å². The van der Waals surface area contributed by atoms with Gasteiger partial charge in [-0.1, -0.05) is 51.2 Å². The van der Waals surface area contributed by atoms with Crippen LogP contribution in [0.5, 0.6) is 17.2 Å².